The molecule has 0 spiro atoms. The highest BCUT2D eigenvalue weighted by Crippen LogP contribution is 2.29. The molecule has 0 N–H and O–H groups in total. The summed E-state index contributed by atoms with van der Waals surface area (Å²) in [5.74, 6) is 0.555. The van der Waals surface area contributed by atoms with Gasteiger partial charge in [0.15, 0.2) is 0 Å². The molecule has 24 heavy (non-hydrogen) atoms. The molecular formula is C24H25. The van der Waals surface area contributed by atoms with Gasteiger partial charge in [-0.15, -0.1) is 0 Å². The molecule has 0 nitrogen and oxygen atoms in total. The lowest BCUT2D eigenvalue weighted by Crippen LogP contribution is -2.05. The highest BCUT2D eigenvalue weighted by molar-refractivity contribution is 5.42. The smallest absolute Gasteiger partial charge is 0.00167 e. The Labute approximate surface area is 146 Å². The van der Waals surface area contributed by atoms with Crippen LogP contribution in [0.25, 0.3) is 0 Å². The lowest BCUT2D eigenvalue weighted by molar-refractivity contribution is 0.715. The van der Waals surface area contributed by atoms with E-state index >= 15 is 0 Å². The average Bonchev–Trinajstić information content (AvgIpc) is 2.63. The molecule has 0 heterocycles. The fourth-order valence-electron chi connectivity index (χ4n) is 3.34. The normalized spacial score (nSPS) is 12.1. The summed E-state index contributed by atoms with van der Waals surface area (Å²) in [6, 6.07) is 29.4. The lowest BCUT2D eigenvalue weighted by atomic mass is 9.85. The van der Waals surface area contributed by atoms with E-state index in [0.29, 0.717) is 5.92 Å². The lowest BCUT2D eigenvalue weighted by Gasteiger charge is -2.20. The first-order valence-corrected chi connectivity index (χ1v) is 8.88. The van der Waals surface area contributed by atoms with Gasteiger partial charge in [0, 0.05) is 0 Å². The molecule has 0 aromatic heterocycles. The van der Waals surface area contributed by atoms with Gasteiger partial charge in [-0.25, -0.2) is 0 Å². The molecule has 0 aliphatic rings. The first-order chi connectivity index (χ1) is 11.8. The first-order valence-electron chi connectivity index (χ1n) is 8.88. The molecule has 1 atom stereocenters. The van der Waals surface area contributed by atoms with Gasteiger partial charge in [0.2, 0.25) is 0 Å². The van der Waals surface area contributed by atoms with E-state index in [4.69, 9.17) is 0 Å². The number of benzene rings is 3. The van der Waals surface area contributed by atoms with Crippen LogP contribution in [0.4, 0.5) is 0 Å². The van der Waals surface area contributed by atoms with Crippen LogP contribution >= 0.6 is 0 Å². The van der Waals surface area contributed by atoms with Gasteiger partial charge in [0.05, 0.1) is 0 Å². The minimum absolute atomic E-state index is 0.555. The van der Waals surface area contributed by atoms with Gasteiger partial charge in [-0.3, -0.25) is 0 Å². The van der Waals surface area contributed by atoms with Crippen LogP contribution in [0.5, 0.6) is 0 Å². The van der Waals surface area contributed by atoms with Crippen molar-refractivity contribution in [2.45, 2.75) is 39.0 Å². The van der Waals surface area contributed by atoms with Gasteiger partial charge in [0.1, 0.15) is 0 Å². The van der Waals surface area contributed by atoms with Crippen molar-refractivity contribution < 1.29 is 0 Å². The molecule has 0 amide bonds. The van der Waals surface area contributed by atoms with Crippen LogP contribution in [-0.4, -0.2) is 0 Å². The summed E-state index contributed by atoms with van der Waals surface area (Å²) in [7, 11) is 0. The zero-order chi connectivity index (χ0) is 16.8. The summed E-state index contributed by atoms with van der Waals surface area (Å²) >= 11 is 0. The molecule has 3 aromatic carbocycles. The molecular weight excluding hydrogens is 288 g/mol. The monoisotopic (exact) mass is 313 g/mol. The third-order valence-electron chi connectivity index (χ3n) is 4.78. The molecule has 1 unspecified atom stereocenters. The quantitative estimate of drug-likeness (QED) is 0.509. The van der Waals surface area contributed by atoms with E-state index in [0.717, 1.165) is 19.3 Å². The number of hydrogen-bond donors (Lipinski definition) is 0. The maximum Gasteiger partial charge on any atom is -0.00167 e. The summed E-state index contributed by atoms with van der Waals surface area (Å²) < 4.78 is 0. The standard InChI is InChI=1S/C24H25/c1-3-19(2)24-22(17-20-11-6-4-7-12-20)15-10-16-23(24)18-21-13-8-5-9-14-21/h4-15,19H,3,17-18H2,1-2H3. The van der Waals surface area contributed by atoms with Crippen LogP contribution in [0.3, 0.4) is 0 Å². The third-order valence-corrected chi connectivity index (χ3v) is 4.78. The predicted molar refractivity (Wildman–Crippen MR) is 102 cm³/mol. The van der Waals surface area contributed by atoms with Crippen molar-refractivity contribution >= 4 is 0 Å². The molecule has 0 saturated carbocycles. The average molecular weight is 313 g/mol. The maximum absolute atomic E-state index is 3.53. The van der Waals surface area contributed by atoms with Crippen molar-refractivity contribution in [2.24, 2.45) is 0 Å². The van der Waals surface area contributed by atoms with Crippen LogP contribution in [0.2, 0.25) is 0 Å². The third kappa shape index (κ3) is 3.94. The largest absolute Gasteiger partial charge is 0.0648 e. The van der Waals surface area contributed by atoms with E-state index in [9.17, 15) is 0 Å². The van der Waals surface area contributed by atoms with E-state index in [1.165, 1.54) is 27.8 Å². The second-order valence-corrected chi connectivity index (χ2v) is 6.53. The number of hydrogen-bond acceptors (Lipinski definition) is 0. The Hall–Kier alpha value is -2.34. The second kappa shape index (κ2) is 7.97. The van der Waals surface area contributed by atoms with E-state index in [-0.39, 0.29) is 0 Å². The van der Waals surface area contributed by atoms with Gasteiger partial charge < -0.3 is 0 Å². The van der Waals surface area contributed by atoms with Crippen LogP contribution in [0.15, 0.2) is 72.8 Å². The van der Waals surface area contributed by atoms with Gasteiger partial charge >= 0.3 is 0 Å². The van der Waals surface area contributed by atoms with E-state index in [1.54, 1.807) is 0 Å². The summed E-state index contributed by atoms with van der Waals surface area (Å²) in [4.78, 5) is 0. The highest BCUT2D eigenvalue weighted by Gasteiger charge is 2.15. The Kier molecular flexibility index (Phi) is 5.48. The molecule has 0 saturated heterocycles. The Morgan fingerprint density at radius 2 is 1.38 bits per heavy atom. The van der Waals surface area contributed by atoms with Gasteiger partial charge in [-0.05, 0) is 59.1 Å². The van der Waals surface area contributed by atoms with Crippen LogP contribution < -0.4 is 0 Å². The summed E-state index contributed by atoms with van der Waals surface area (Å²) in [5, 5.41) is 0. The molecule has 3 aromatic rings. The van der Waals surface area contributed by atoms with Crippen molar-refractivity contribution in [1.82, 2.24) is 0 Å². The highest BCUT2D eigenvalue weighted by atomic mass is 14.2. The molecule has 3 rings (SSSR count). The van der Waals surface area contributed by atoms with Crippen molar-refractivity contribution in [1.29, 1.82) is 0 Å². The Morgan fingerprint density at radius 3 is 1.96 bits per heavy atom. The molecule has 0 bridgehead atoms. The molecule has 0 aliphatic carbocycles. The summed E-state index contributed by atoms with van der Waals surface area (Å²) in [5.41, 5.74) is 7.02. The number of rotatable bonds is 6. The molecule has 1 radical (unpaired) electrons. The fraction of sp³-hybridized carbons (Fsp3) is 0.250. The van der Waals surface area contributed by atoms with Crippen LogP contribution in [0.1, 0.15) is 54.0 Å². The van der Waals surface area contributed by atoms with Crippen molar-refractivity contribution in [2.75, 3.05) is 0 Å². The van der Waals surface area contributed by atoms with Crippen molar-refractivity contribution in [3.8, 4) is 0 Å². The van der Waals surface area contributed by atoms with Crippen LogP contribution in [-0.2, 0) is 12.8 Å². The Balaban J connectivity index is 1.98. The van der Waals surface area contributed by atoms with Gasteiger partial charge in [-0.2, -0.15) is 0 Å². The molecule has 0 aliphatic heterocycles. The first kappa shape index (κ1) is 16.5. The maximum atomic E-state index is 3.53. The van der Waals surface area contributed by atoms with Gasteiger partial charge in [-0.1, -0.05) is 86.6 Å². The molecule has 121 valence electrons. The van der Waals surface area contributed by atoms with E-state index in [1.807, 2.05) is 0 Å². The summed E-state index contributed by atoms with van der Waals surface area (Å²) in [6.45, 7) is 4.61. The molecule has 0 fully saturated rings. The SMILES string of the molecule is CCC(C)c1c(Cc2ccccc2)[c]ccc1Cc1ccccc1. The van der Waals surface area contributed by atoms with Crippen molar-refractivity contribution in [3.63, 3.8) is 0 Å². The molecule has 0 heteroatoms. The van der Waals surface area contributed by atoms with Gasteiger partial charge in [0.25, 0.3) is 0 Å². The zero-order valence-electron chi connectivity index (χ0n) is 14.6. The second-order valence-electron chi connectivity index (χ2n) is 6.53. The predicted octanol–water partition coefficient (Wildman–Crippen LogP) is 6.18. The van der Waals surface area contributed by atoms with Crippen molar-refractivity contribution in [3.05, 3.63) is 107 Å². The van der Waals surface area contributed by atoms with E-state index < -0.39 is 0 Å². The topological polar surface area (TPSA) is 0 Å². The zero-order valence-corrected chi connectivity index (χ0v) is 14.6. The minimum atomic E-state index is 0.555. The Morgan fingerprint density at radius 1 is 0.792 bits per heavy atom. The minimum Gasteiger partial charge on any atom is -0.0648 e. The van der Waals surface area contributed by atoms with Crippen LogP contribution in [0, 0.1) is 6.07 Å². The summed E-state index contributed by atoms with van der Waals surface area (Å²) in [6.07, 6.45) is 3.11. The fourth-order valence-corrected chi connectivity index (χ4v) is 3.34. The van der Waals surface area contributed by atoms with E-state index in [2.05, 4.69) is 92.7 Å². The Bertz CT molecular complexity index is 697.